The third-order valence-corrected chi connectivity index (χ3v) is 6.70. The molecule has 1 amide bonds. The average molecular weight is 493 g/mol. The highest BCUT2D eigenvalue weighted by Crippen LogP contribution is 2.28. The van der Waals surface area contributed by atoms with Gasteiger partial charge in [0.25, 0.3) is 15.9 Å². The Kier molecular flexibility index (Phi) is 7.33. The van der Waals surface area contributed by atoms with E-state index in [-0.39, 0.29) is 21.5 Å². The molecular weight excluding hydrogens is 471 g/mol. The number of ether oxygens (including phenoxy) is 1. The van der Waals surface area contributed by atoms with E-state index in [1.54, 1.807) is 6.92 Å². The number of anilines is 2. The van der Waals surface area contributed by atoms with E-state index in [0.717, 1.165) is 11.1 Å². The normalized spacial score (nSPS) is 12.2. The van der Waals surface area contributed by atoms with E-state index in [0.29, 0.717) is 16.5 Å². The number of carbonyl (C=O) groups excluding carboxylic acids is 1. The van der Waals surface area contributed by atoms with Crippen molar-refractivity contribution in [2.45, 2.75) is 31.8 Å². The maximum atomic E-state index is 12.6. The lowest BCUT2D eigenvalue weighted by Gasteiger charge is -2.16. The minimum atomic E-state index is -3.87. The van der Waals surface area contributed by atoms with Crippen LogP contribution in [0.1, 0.15) is 18.1 Å². The van der Waals surface area contributed by atoms with Crippen molar-refractivity contribution < 1.29 is 17.9 Å². The molecule has 0 saturated heterocycles. The number of hydrogen-bond donors (Lipinski definition) is 2. The largest absolute Gasteiger partial charge is 0.481 e. The summed E-state index contributed by atoms with van der Waals surface area (Å²) >= 11 is 11.9. The Morgan fingerprint density at radius 2 is 1.62 bits per heavy atom. The SMILES string of the molecule is Cc1ccc(O[C@@H](C)C(=O)Nc2ccc(S(=O)(=O)Nc3ccc(Cl)cc3Cl)cc2)cc1C. The molecule has 0 spiro atoms. The Bertz CT molecular complexity index is 1250. The van der Waals surface area contributed by atoms with Crippen LogP contribution >= 0.6 is 23.2 Å². The molecule has 1 atom stereocenters. The second kappa shape index (κ2) is 9.81. The van der Waals surface area contributed by atoms with Gasteiger partial charge >= 0.3 is 0 Å². The third-order valence-electron chi connectivity index (χ3n) is 4.77. The van der Waals surface area contributed by atoms with E-state index < -0.39 is 16.1 Å². The molecule has 0 aromatic heterocycles. The first-order valence-electron chi connectivity index (χ1n) is 9.68. The van der Waals surface area contributed by atoms with E-state index >= 15 is 0 Å². The van der Waals surface area contributed by atoms with Crippen molar-refractivity contribution in [1.29, 1.82) is 0 Å². The van der Waals surface area contributed by atoms with Crippen LogP contribution in [0, 0.1) is 13.8 Å². The number of hydrogen-bond acceptors (Lipinski definition) is 4. The molecular formula is C23H22Cl2N2O4S. The van der Waals surface area contributed by atoms with Crippen molar-refractivity contribution in [3.63, 3.8) is 0 Å². The van der Waals surface area contributed by atoms with Gasteiger partial charge in [-0.3, -0.25) is 9.52 Å². The van der Waals surface area contributed by atoms with Gasteiger partial charge in [0.05, 0.1) is 15.6 Å². The highest BCUT2D eigenvalue weighted by Gasteiger charge is 2.18. The van der Waals surface area contributed by atoms with Crippen LogP contribution in [0.15, 0.2) is 65.6 Å². The van der Waals surface area contributed by atoms with Crippen LogP contribution in [0.5, 0.6) is 5.75 Å². The van der Waals surface area contributed by atoms with E-state index in [1.807, 2.05) is 32.0 Å². The van der Waals surface area contributed by atoms with Gasteiger partial charge in [0.1, 0.15) is 5.75 Å². The van der Waals surface area contributed by atoms with E-state index in [4.69, 9.17) is 27.9 Å². The summed E-state index contributed by atoms with van der Waals surface area (Å²) in [6.07, 6.45) is -0.741. The molecule has 9 heteroatoms. The molecule has 6 nitrogen and oxygen atoms in total. The van der Waals surface area contributed by atoms with Crippen molar-refractivity contribution in [3.8, 4) is 5.75 Å². The molecule has 32 heavy (non-hydrogen) atoms. The Hall–Kier alpha value is -2.74. The summed E-state index contributed by atoms with van der Waals surface area (Å²) in [5, 5.41) is 3.30. The Balaban J connectivity index is 1.65. The summed E-state index contributed by atoms with van der Waals surface area (Å²) < 4.78 is 33.4. The van der Waals surface area contributed by atoms with Crippen molar-refractivity contribution in [2.24, 2.45) is 0 Å². The third kappa shape index (κ3) is 5.94. The van der Waals surface area contributed by atoms with Crippen LogP contribution in [-0.4, -0.2) is 20.4 Å². The highest BCUT2D eigenvalue weighted by molar-refractivity contribution is 7.92. The maximum Gasteiger partial charge on any atom is 0.265 e. The standard InChI is InChI=1S/C23H22Cl2N2O4S/c1-14-4-8-19(12-15(14)2)31-16(3)23(28)26-18-6-9-20(10-7-18)32(29,30)27-22-11-5-17(24)13-21(22)25/h4-13,16,27H,1-3H3,(H,26,28)/t16-/m0/s1. The zero-order valence-corrected chi connectivity index (χ0v) is 20.0. The molecule has 2 N–H and O–H groups in total. The molecule has 168 valence electrons. The van der Waals surface area contributed by atoms with Gasteiger partial charge in [-0.25, -0.2) is 8.42 Å². The molecule has 0 aliphatic heterocycles. The van der Waals surface area contributed by atoms with E-state index in [2.05, 4.69) is 10.0 Å². The number of benzene rings is 3. The number of rotatable bonds is 7. The molecule has 0 saturated carbocycles. The first kappa shape index (κ1) is 23.9. The minimum absolute atomic E-state index is 0.0148. The van der Waals surface area contributed by atoms with Gasteiger partial charge in [-0.15, -0.1) is 0 Å². The molecule has 0 radical (unpaired) electrons. The second-order valence-electron chi connectivity index (χ2n) is 7.25. The molecule has 0 heterocycles. The van der Waals surface area contributed by atoms with Gasteiger partial charge in [0.2, 0.25) is 0 Å². The fourth-order valence-electron chi connectivity index (χ4n) is 2.78. The smallest absolute Gasteiger partial charge is 0.265 e. The van der Waals surface area contributed by atoms with Gasteiger partial charge in [-0.1, -0.05) is 29.3 Å². The van der Waals surface area contributed by atoms with Gasteiger partial charge in [0.15, 0.2) is 6.10 Å². The molecule has 0 aliphatic carbocycles. The Labute approximate surface area is 197 Å². The first-order valence-corrected chi connectivity index (χ1v) is 11.9. The number of nitrogens with one attached hydrogen (secondary N) is 2. The van der Waals surface area contributed by atoms with Crippen LogP contribution in [0.25, 0.3) is 0 Å². The summed E-state index contributed by atoms with van der Waals surface area (Å²) in [6.45, 7) is 5.61. The Morgan fingerprint density at radius 1 is 0.938 bits per heavy atom. The van der Waals surface area contributed by atoms with E-state index in [9.17, 15) is 13.2 Å². The molecule has 3 aromatic carbocycles. The van der Waals surface area contributed by atoms with Crippen molar-refractivity contribution >= 4 is 50.5 Å². The molecule has 0 fully saturated rings. The van der Waals surface area contributed by atoms with Crippen molar-refractivity contribution in [2.75, 3.05) is 10.0 Å². The number of carbonyl (C=O) groups is 1. The average Bonchev–Trinajstić information content (AvgIpc) is 2.73. The van der Waals surface area contributed by atoms with Crippen LogP contribution in [0.3, 0.4) is 0 Å². The lowest BCUT2D eigenvalue weighted by molar-refractivity contribution is -0.122. The zero-order valence-electron chi connectivity index (χ0n) is 17.6. The zero-order chi connectivity index (χ0) is 23.5. The second-order valence-corrected chi connectivity index (χ2v) is 9.78. The summed E-state index contributed by atoms with van der Waals surface area (Å²) in [6, 6.07) is 15.8. The number of sulfonamides is 1. The molecule has 0 unspecified atom stereocenters. The topological polar surface area (TPSA) is 84.5 Å². The molecule has 3 rings (SSSR count). The van der Waals surface area contributed by atoms with Crippen LogP contribution in [0.2, 0.25) is 10.0 Å². The van der Waals surface area contributed by atoms with Crippen molar-refractivity contribution in [3.05, 3.63) is 81.8 Å². The highest BCUT2D eigenvalue weighted by atomic mass is 35.5. The summed E-state index contributed by atoms with van der Waals surface area (Å²) in [4.78, 5) is 12.5. The monoisotopic (exact) mass is 492 g/mol. The van der Waals surface area contributed by atoms with Gasteiger partial charge in [-0.05, 0) is 86.5 Å². The van der Waals surface area contributed by atoms with Crippen LogP contribution in [0.4, 0.5) is 11.4 Å². The summed E-state index contributed by atoms with van der Waals surface area (Å²) in [7, 11) is -3.87. The van der Waals surface area contributed by atoms with Crippen molar-refractivity contribution in [1.82, 2.24) is 0 Å². The number of halogens is 2. The minimum Gasteiger partial charge on any atom is -0.481 e. The lowest BCUT2D eigenvalue weighted by Crippen LogP contribution is -2.30. The fraction of sp³-hybridized carbons (Fsp3) is 0.174. The Morgan fingerprint density at radius 3 is 2.25 bits per heavy atom. The van der Waals surface area contributed by atoms with Gasteiger partial charge in [-0.2, -0.15) is 0 Å². The molecule has 0 aliphatic rings. The van der Waals surface area contributed by atoms with E-state index in [1.165, 1.54) is 42.5 Å². The van der Waals surface area contributed by atoms with Crippen LogP contribution < -0.4 is 14.8 Å². The quantitative estimate of drug-likeness (QED) is 0.435. The number of amides is 1. The molecule has 0 bridgehead atoms. The molecule has 3 aromatic rings. The fourth-order valence-corrected chi connectivity index (χ4v) is 4.37. The predicted molar refractivity (Wildman–Crippen MR) is 128 cm³/mol. The van der Waals surface area contributed by atoms with Crippen LogP contribution in [-0.2, 0) is 14.8 Å². The number of aryl methyl sites for hydroxylation is 2. The lowest BCUT2D eigenvalue weighted by atomic mass is 10.1. The predicted octanol–water partition coefficient (Wildman–Crippen LogP) is 5.82. The summed E-state index contributed by atoms with van der Waals surface area (Å²) in [5.41, 5.74) is 2.86. The first-order chi connectivity index (χ1) is 15.0. The van der Waals surface area contributed by atoms with Gasteiger partial charge in [0, 0.05) is 10.7 Å². The summed E-state index contributed by atoms with van der Waals surface area (Å²) in [5.74, 6) is 0.244. The van der Waals surface area contributed by atoms with Gasteiger partial charge < -0.3 is 10.1 Å². The maximum absolute atomic E-state index is 12.6.